The average molecular weight is 380 g/mol. The average Bonchev–Trinajstić information content (AvgIpc) is 2.94. The SMILES string of the molecule is CC(C)OCc1ccc(CNC(=O)CCN2C(=O)c3ccccc3C2=O)cc1. The minimum absolute atomic E-state index is 0.0731. The quantitative estimate of drug-likeness (QED) is 0.715. The second-order valence-electron chi connectivity index (χ2n) is 7.01. The molecule has 28 heavy (non-hydrogen) atoms. The monoisotopic (exact) mass is 380 g/mol. The molecule has 0 aliphatic carbocycles. The first-order valence-corrected chi connectivity index (χ1v) is 9.37. The number of carbonyl (C=O) groups excluding carboxylic acids is 3. The molecule has 1 aliphatic heterocycles. The number of hydrogen-bond donors (Lipinski definition) is 1. The summed E-state index contributed by atoms with van der Waals surface area (Å²) in [6.07, 6.45) is 0.257. The van der Waals surface area contributed by atoms with E-state index >= 15 is 0 Å². The van der Waals surface area contributed by atoms with E-state index in [9.17, 15) is 14.4 Å². The molecule has 0 radical (unpaired) electrons. The minimum Gasteiger partial charge on any atom is -0.374 e. The van der Waals surface area contributed by atoms with E-state index in [-0.39, 0.29) is 36.8 Å². The van der Waals surface area contributed by atoms with Crippen molar-refractivity contribution in [1.82, 2.24) is 10.2 Å². The molecule has 0 atom stereocenters. The van der Waals surface area contributed by atoms with Crippen LogP contribution in [0.3, 0.4) is 0 Å². The standard InChI is InChI=1S/C22H24N2O4/c1-15(2)28-14-17-9-7-16(8-10-17)13-23-20(25)11-12-24-21(26)18-5-3-4-6-19(18)22(24)27/h3-10,15H,11-14H2,1-2H3,(H,23,25). The highest BCUT2D eigenvalue weighted by molar-refractivity contribution is 6.21. The molecule has 2 aromatic carbocycles. The van der Waals surface area contributed by atoms with E-state index in [4.69, 9.17) is 4.74 Å². The van der Waals surface area contributed by atoms with Gasteiger partial charge in [-0.1, -0.05) is 36.4 Å². The number of imide groups is 1. The van der Waals surface area contributed by atoms with Gasteiger partial charge in [-0.05, 0) is 37.1 Å². The molecule has 1 aliphatic rings. The van der Waals surface area contributed by atoms with E-state index in [2.05, 4.69) is 5.32 Å². The molecule has 0 saturated carbocycles. The van der Waals surface area contributed by atoms with Gasteiger partial charge in [0.25, 0.3) is 11.8 Å². The minimum atomic E-state index is -0.340. The van der Waals surface area contributed by atoms with E-state index in [1.165, 1.54) is 0 Å². The van der Waals surface area contributed by atoms with Crippen molar-refractivity contribution in [3.8, 4) is 0 Å². The van der Waals surface area contributed by atoms with E-state index in [1.807, 2.05) is 38.1 Å². The van der Waals surface area contributed by atoms with E-state index in [1.54, 1.807) is 24.3 Å². The van der Waals surface area contributed by atoms with Crippen molar-refractivity contribution in [3.63, 3.8) is 0 Å². The molecule has 1 heterocycles. The Balaban J connectivity index is 1.45. The summed E-state index contributed by atoms with van der Waals surface area (Å²) in [7, 11) is 0. The van der Waals surface area contributed by atoms with Crippen LogP contribution in [0.25, 0.3) is 0 Å². The van der Waals surface area contributed by atoms with Gasteiger partial charge in [-0.15, -0.1) is 0 Å². The summed E-state index contributed by atoms with van der Waals surface area (Å²) in [5, 5.41) is 2.82. The van der Waals surface area contributed by atoms with Crippen molar-refractivity contribution in [1.29, 1.82) is 0 Å². The third kappa shape index (κ3) is 4.64. The summed E-state index contributed by atoms with van der Waals surface area (Å²) >= 11 is 0. The van der Waals surface area contributed by atoms with Crippen LogP contribution in [0.15, 0.2) is 48.5 Å². The second kappa shape index (κ2) is 8.80. The fourth-order valence-corrected chi connectivity index (χ4v) is 2.96. The lowest BCUT2D eigenvalue weighted by Gasteiger charge is -2.13. The molecule has 1 N–H and O–H groups in total. The molecule has 0 bridgehead atoms. The number of carbonyl (C=O) groups is 3. The van der Waals surface area contributed by atoms with Crippen LogP contribution in [0.2, 0.25) is 0 Å². The molecular weight excluding hydrogens is 356 g/mol. The summed E-state index contributed by atoms with van der Waals surface area (Å²) in [5.74, 6) is -0.885. The highest BCUT2D eigenvalue weighted by atomic mass is 16.5. The molecule has 2 aromatic rings. The maximum atomic E-state index is 12.3. The number of amides is 3. The fourth-order valence-electron chi connectivity index (χ4n) is 2.96. The molecule has 0 fully saturated rings. The Labute approximate surface area is 164 Å². The summed E-state index contributed by atoms with van der Waals surface area (Å²) < 4.78 is 5.56. The van der Waals surface area contributed by atoms with Crippen molar-refractivity contribution in [2.24, 2.45) is 0 Å². The van der Waals surface area contributed by atoms with Gasteiger partial charge in [0.15, 0.2) is 0 Å². The van der Waals surface area contributed by atoms with E-state index in [0.717, 1.165) is 16.0 Å². The smallest absolute Gasteiger partial charge is 0.261 e. The van der Waals surface area contributed by atoms with E-state index < -0.39 is 0 Å². The Morgan fingerprint density at radius 3 is 2.11 bits per heavy atom. The maximum Gasteiger partial charge on any atom is 0.261 e. The Morgan fingerprint density at radius 1 is 0.964 bits per heavy atom. The van der Waals surface area contributed by atoms with Gasteiger partial charge in [0, 0.05) is 19.5 Å². The third-order valence-corrected chi connectivity index (χ3v) is 4.54. The maximum absolute atomic E-state index is 12.3. The van der Waals surface area contributed by atoms with Crippen LogP contribution in [-0.4, -0.2) is 35.3 Å². The Morgan fingerprint density at radius 2 is 1.54 bits per heavy atom. The predicted octanol–water partition coefficient (Wildman–Crippen LogP) is 2.91. The number of hydrogen-bond acceptors (Lipinski definition) is 4. The first-order chi connectivity index (χ1) is 13.5. The van der Waals surface area contributed by atoms with E-state index in [0.29, 0.717) is 24.3 Å². The van der Waals surface area contributed by atoms with Gasteiger partial charge in [-0.2, -0.15) is 0 Å². The number of fused-ring (bicyclic) bond motifs is 1. The van der Waals surface area contributed by atoms with Gasteiger partial charge < -0.3 is 10.1 Å². The lowest BCUT2D eigenvalue weighted by atomic mass is 10.1. The zero-order valence-electron chi connectivity index (χ0n) is 16.1. The van der Waals surface area contributed by atoms with Crippen molar-refractivity contribution >= 4 is 17.7 Å². The highest BCUT2D eigenvalue weighted by Gasteiger charge is 2.34. The number of benzene rings is 2. The molecule has 146 valence electrons. The van der Waals surface area contributed by atoms with Crippen LogP contribution in [0.5, 0.6) is 0 Å². The third-order valence-electron chi connectivity index (χ3n) is 4.54. The highest BCUT2D eigenvalue weighted by Crippen LogP contribution is 2.22. The van der Waals surface area contributed by atoms with Crippen LogP contribution < -0.4 is 5.32 Å². The normalized spacial score (nSPS) is 13.2. The Bertz CT molecular complexity index is 839. The zero-order chi connectivity index (χ0) is 20.1. The van der Waals surface area contributed by atoms with Crippen molar-refractivity contribution in [2.45, 2.75) is 39.5 Å². The van der Waals surface area contributed by atoms with Crippen molar-refractivity contribution < 1.29 is 19.1 Å². The molecule has 0 unspecified atom stereocenters. The molecule has 3 amide bonds. The lowest BCUT2D eigenvalue weighted by Crippen LogP contribution is -2.34. The predicted molar refractivity (Wildman–Crippen MR) is 105 cm³/mol. The van der Waals surface area contributed by atoms with Gasteiger partial charge in [0.2, 0.25) is 5.91 Å². The van der Waals surface area contributed by atoms with Gasteiger partial charge in [0.05, 0.1) is 23.8 Å². The molecule has 0 aromatic heterocycles. The summed E-state index contributed by atoms with van der Waals surface area (Å²) in [4.78, 5) is 37.8. The number of ether oxygens (including phenoxy) is 1. The molecule has 6 nitrogen and oxygen atoms in total. The van der Waals surface area contributed by atoms with Gasteiger partial charge in [-0.3, -0.25) is 19.3 Å². The second-order valence-corrected chi connectivity index (χ2v) is 7.01. The molecule has 0 spiro atoms. The van der Waals surface area contributed by atoms with Gasteiger partial charge in [-0.25, -0.2) is 0 Å². The number of rotatable bonds is 8. The van der Waals surface area contributed by atoms with Crippen LogP contribution in [-0.2, 0) is 22.7 Å². The first kappa shape index (κ1) is 19.8. The number of nitrogens with one attached hydrogen (secondary N) is 1. The summed E-state index contributed by atoms with van der Waals surface area (Å²) in [6, 6.07) is 14.6. The van der Waals surface area contributed by atoms with Gasteiger partial charge >= 0.3 is 0 Å². The fraction of sp³-hybridized carbons (Fsp3) is 0.318. The molecule has 3 rings (SSSR count). The van der Waals surface area contributed by atoms with Crippen molar-refractivity contribution in [2.75, 3.05) is 6.54 Å². The van der Waals surface area contributed by atoms with Crippen LogP contribution in [0.1, 0.15) is 52.1 Å². The Kier molecular flexibility index (Phi) is 6.21. The lowest BCUT2D eigenvalue weighted by molar-refractivity contribution is -0.121. The molecule has 6 heteroatoms. The van der Waals surface area contributed by atoms with Gasteiger partial charge in [0.1, 0.15) is 0 Å². The first-order valence-electron chi connectivity index (χ1n) is 9.37. The summed E-state index contributed by atoms with van der Waals surface area (Å²) in [5.41, 5.74) is 2.85. The molecule has 0 saturated heterocycles. The van der Waals surface area contributed by atoms with Crippen LogP contribution in [0, 0.1) is 0 Å². The number of nitrogens with zero attached hydrogens (tertiary/aromatic N) is 1. The van der Waals surface area contributed by atoms with Crippen LogP contribution >= 0.6 is 0 Å². The Hall–Kier alpha value is -2.99. The molecular formula is C22H24N2O4. The van der Waals surface area contributed by atoms with Crippen molar-refractivity contribution in [3.05, 3.63) is 70.8 Å². The zero-order valence-corrected chi connectivity index (χ0v) is 16.1. The largest absolute Gasteiger partial charge is 0.374 e. The van der Waals surface area contributed by atoms with Crippen LogP contribution in [0.4, 0.5) is 0 Å². The topological polar surface area (TPSA) is 75.7 Å². The summed E-state index contributed by atoms with van der Waals surface area (Å²) in [6.45, 7) is 5.01.